The third-order valence-electron chi connectivity index (χ3n) is 5.23. The van der Waals surface area contributed by atoms with Crippen LogP contribution in [0.25, 0.3) is 17.0 Å². The fourth-order valence-electron chi connectivity index (χ4n) is 3.65. The summed E-state index contributed by atoms with van der Waals surface area (Å²) >= 11 is 5.30. The zero-order valence-electron chi connectivity index (χ0n) is 16.9. The summed E-state index contributed by atoms with van der Waals surface area (Å²) < 4.78 is 7.57. The van der Waals surface area contributed by atoms with E-state index in [1.165, 1.54) is 4.90 Å². The first-order valence-corrected chi connectivity index (χ1v) is 10.0. The van der Waals surface area contributed by atoms with Crippen LogP contribution < -0.4 is 15.0 Å². The number of nitrogens with zero attached hydrogens (tertiary/aromatic N) is 2. The highest BCUT2D eigenvalue weighted by atomic mass is 32.1. The highest BCUT2D eigenvalue weighted by molar-refractivity contribution is 7.80. The topological polar surface area (TPSA) is 63.6 Å². The van der Waals surface area contributed by atoms with E-state index in [0.717, 1.165) is 22.2 Å². The van der Waals surface area contributed by atoms with Crippen LogP contribution in [0.5, 0.6) is 5.75 Å². The van der Waals surface area contributed by atoms with Gasteiger partial charge in [-0.15, -0.1) is 0 Å². The molecule has 152 valence electrons. The minimum Gasteiger partial charge on any atom is -0.494 e. The maximum absolute atomic E-state index is 13.3. The van der Waals surface area contributed by atoms with Crippen LogP contribution in [0.2, 0.25) is 0 Å². The first-order valence-electron chi connectivity index (χ1n) is 9.60. The van der Waals surface area contributed by atoms with Crippen molar-refractivity contribution in [2.24, 2.45) is 7.05 Å². The zero-order chi connectivity index (χ0) is 21.4. The summed E-state index contributed by atoms with van der Waals surface area (Å²) in [6, 6.07) is 15.0. The molecule has 2 amide bonds. The number of fused-ring (bicyclic) bond motifs is 1. The second-order valence-electron chi connectivity index (χ2n) is 6.96. The summed E-state index contributed by atoms with van der Waals surface area (Å²) in [4.78, 5) is 27.3. The number of carbonyl (C=O) groups is 2. The van der Waals surface area contributed by atoms with E-state index in [2.05, 4.69) is 5.32 Å². The standard InChI is InChI=1S/C23H21N3O3S/c1-4-29-16-9-7-8-15(12-16)26-22(28)19(21(27)24-23(26)30)13-18-14(2)25(3)20-11-6-5-10-17(18)20/h5-13H,4H2,1-3H3,(H,24,27,30)/b19-13-. The van der Waals surface area contributed by atoms with Crippen molar-refractivity contribution in [2.45, 2.75) is 13.8 Å². The molecule has 2 heterocycles. The molecule has 1 saturated heterocycles. The van der Waals surface area contributed by atoms with E-state index < -0.39 is 11.8 Å². The second-order valence-corrected chi connectivity index (χ2v) is 7.35. The van der Waals surface area contributed by atoms with Crippen molar-refractivity contribution in [2.75, 3.05) is 11.5 Å². The van der Waals surface area contributed by atoms with E-state index in [4.69, 9.17) is 17.0 Å². The van der Waals surface area contributed by atoms with Crippen molar-refractivity contribution in [3.05, 3.63) is 65.4 Å². The molecule has 0 aliphatic carbocycles. The van der Waals surface area contributed by atoms with Crippen molar-refractivity contribution in [3.63, 3.8) is 0 Å². The molecular weight excluding hydrogens is 398 g/mol. The first kappa shape index (κ1) is 19.8. The number of aromatic nitrogens is 1. The average molecular weight is 420 g/mol. The summed E-state index contributed by atoms with van der Waals surface area (Å²) in [6.45, 7) is 4.35. The Morgan fingerprint density at radius 2 is 1.90 bits per heavy atom. The molecule has 0 unspecified atom stereocenters. The molecule has 7 heteroatoms. The molecule has 1 fully saturated rings. The molecule has 1 N–H and O–H groups in total. The molecule has 2 aromatic carbocycles. The van der Waals surface area contributed by atoms with E-state index in [1.807, 2.05) is 49.7 Å². The molecule has 0 spiro atoms. The van der Waals surface area contributed by atoms with Crippen LogP contribution >= 0.6 is 12.2 Å². The fraction of sp³-hybridized carbons (Fsp3) is 0.174. The number of benzene rings is 2. The highest BCUT2D eigenvalue weighted by Crippen LogP contribution is 2.29. The number of hydrogen-bond donors (Lipinski definition) is 1. The number of aryl methyl sites for hydroxylation is 1. The Labute approximate surface area is 179 Å². The van der Waals surface area contributed by atoms with Crippen LogP contribution in [0, 0.1) is 6.92 Å². The molecule has 3 aromatic rings. The largest absolute Gasteiger partial charge is 0.494 e. The van der Waals surface area contributed by atoms with Gasteiger partial charge in [0, 0.05) is 35.3 Å². The van der Waals surface area contributed by atoms with Gasteiger partial charge in [-0.2, -0.15) is 0 Å². The SMILES string of the molecule is CCOc1cccc(N2C(=O)/C(=C\c3c(C)n(C)c4ccccc34)C(=O)NC2=S)c1. The summed E-state index contributed by atoms with van der Waals surface area (Å²) in [5.41, 5.74) is 3.40. The van der Waals surface area contributed by atoms with Gasteiger partial charge in [-0.3, -0.25) is 19.8 Å². The molecule has 1 aliphatic rings. The highest BCUT2D eigenvalue weighted by Gasteiger charge is 2.35. The van der Waals surface area contributed by atoms with Gasteiger partial charge in [-0.05, 0) is 50.3 Å². The lowest BCUT2D eigenvalue weighted by atomic mass is 10.0. The molecule has 1 aliphatic heterocycles. The van der Waals surface area contributed by atoms with Gasteiger partial charge in [0.2, 0.25) is 0 Å². The predicted octanol–water partition coefficient (Wildman–Crippen LogP) is 3.72. The Bertz CT molecular complexity index is 1230. The maximum Gasteiger partial charge on any atom is 0.270 e. The Kier molecular flexibility index (Phi) is 5.13. The predicted molar refractivity (Wildman–Crippen MR) is 121 cm³/mol. The molecule has 0 atom stereocenters. The van der Waals surface area contributed by atoms with Gasteiger partial charge in [0.25, 0.3) is 11.8 Å². The van der Waals surface area contributed by atoms with Gasteiger partial charge in [-0.25, -0.2) is 0 Å². The molecule has 1 aromatic heterocycles. The quantitative estimate of drug-likeness (QED) is 0.398. The van der Waals surface area contributed by atoms with E-state index in [1.54, 1.807) is 30.3 Å². The molecule has 30 heavy (non-hydrogen) atoms. The Hall–Kier alpha value is -3.45. The number of ether oxygens (including phenoxy) is 1. The van der Waals surface area contributed by atoms with Gasteiger partial charge in [0.15, 0.2) is 5.11 Å². The van der Waals surface area contributed by atoms with Gasteiger partial charge in [-0.1, -0.05) is 24.3 Å². The number of anilines is 1. The van der Waals surface area contributed by atoms with Crippen molar-refractivity contribution in [1.29, 1.82) is 0 Å². The number of hydrogen-bond acceptors (Lipinski definition) is 4. The molecule has 6 nitrogen and oxygen atoms in total. The number of amides is 2. The summed E-state index contributed by atoms with van der Waals surface area (Å²) in [5.74, 6) is -0.350. The van der Waals surface area contributed by atoms with Crippen LogP contribution in [-0.4, -0.2) is 28.1 Å². The Morgan fingerprint density at radius 3 is 2.67 bits per heavy atom. The smallest absolute Gasteiger partial charge is 0.270 e. The minimum atomic E-state index is -0.505. The lowest BCUT2D eigenvalue weighted by molar-refractivity contribution is -0.122. The van der Waals surface area contributed by atoms with Gasteiger partial charge < -0.3 is 9.30 Å². The number of carbonyl (C=O) groups excluding carboxylic acids is 2. The third kappa shape index (κ3) is 3.27. The fourth-order valence-corrected chi connectivity index (χ4v) is 3.93. The van der Waals surface area contributed by atoms with Crippen molar-refractivity contribution in [3.8, 4) is 5.75 Å². The molecular formula is C23H21N3O3S. The Balaban J connectivity index is 1.81. The van der Waals surface area contributed by atoms with Gasteiger partial charge in [0.05, 0.1) is 12.3 Å². The zero-order valence-corrected chi connectivity index (χ0v) is 17.7. The van der Waals surface area contributed by atoms with Crippen molar-refractivity contribution < 1.29 is 14.3 Å². The van der Waals surface area contributed by atoms with Crippen LogP contribution in [0.1, 0.15) is 18.2 Å². The molecule has 4 rings (SSSR count). The van der Waals surface area contributed by atoms with Gasteiger partial charge >= 0.3 is 0 Å². The number of rotatable bonds is 4. The molecule has 0 saturated carbocycles. The average Bonchev–Trinajstić information content (AvgIpc) is 2.96. The summed E-state index contributed by atoms with van der Waals surface area (Å²) in [6.07, 6.45) is 1.65. The monoisotopic (exact) mass is 419 g/mol. The van der Waals surface area contributed by atoms with Crippen LogP contribution in [0.3, 0.4) is 0 Å². The van der Waals surface area contributed by atoms with Crippen molar-refractivity contribution >= 4 is 51.8 Å². The van der Waals surface area contributed by atoms with Crippen LogP contribution in [-0.2, 0) is 16.6 Å². The number of thiocarbonyl (C=S) groups is 1. The van der Waals surface area contributed by atoms with Gasteiger partial charge in [0.1, 0.15) is 11.3 Å². The number of nitrogens with one attached hydrogen (secondary N) is 1. The maximum atomic E-state index is 13.3. The number of para-hydroxylation sites is 1. The van der Waals surface area contributed by atoms with E-state index in [-0.39, 0.29) is 10.7 Å². The first-order chi connectivity index (χ1) is 14.4. The summed E-state index contributed by atoms with van der Waals surface area (Å²) in [7, 11) is 1.96. The molecule has 0 bridgehead atoms. The second kappa shape index (κ2) is 7.76. The lowest BCUT2D eigenvalue weighted by Crippen LogP contribution is -2.54. The van der Waals surface area contributed by atoms with Crippen molar-refractivity contribution in [1.82, 2.24) is 9.88 Å². The van der Waals surface area contributed by atoms with E-state index in [0.29, 0.717) is 18.0 Å². The van der Waals surface area contributed by atoms with Crippen LogP contribution in [0.15, 0.2) is 54.1 Å². The third-order valence-corrected chi connectivity index (χ3v) is 5.51. The lowest BCUT2D eigenvalue weighted by Gasteiger charge is -2.29. The summed E-state index contributed by atoms with van der Waals surface area (Å²) in [5, 5.41) is 3.66. The van der Waals surface area contributed by atoms with E-state index >= 15 is 0 Å². The minimum absolute atomic E-state index is 0.0323. The Morgan fingerprint density at radius 1 is 1.13 bits per heavy atom. The van der Waals surface area contributed by atoms with Crippen LogP contribution in [0.4, 0.5) is 5.69 Å². The van der Waals surface area contributed by atoms with E-state index in [9.17, 15) is 9.59 Å². The normalized spacial score (nSPS) is 15.8. The molecule has 0 radical (unpaired) electrons.